The van der Waals surface area contributed by atoms with E-state index in [-0.39, 0.29) is 22.8 Å². The maximum Gasteiger partial charge on any atom is 0.250 e. The van der Waals surface area contributed by atoms with E-state index in [1.807, 2.05) is 37.6 Å². The molecular weight excluding hydrogens is 503 g/mol. The lowest BCUT2D eigenvalue weighted by atomic mass is 9.98. The van der Waals surface area contributed by atoms with E-state index in [4.69, 9.17) is 5.73 Å². The minimum Gasteiger partial charge on any atom is -0.383 e. The lowest BCUT2D eigenvalue weighted by Crippen LogP contribution is -2.43. The normalized spacial score (nSPS) is 15.6. The van der Waals surface area contributed by atoms with Crippen LogP contribution in [0.15, 0.2) is 65.3 Å². The number of aryl methyl sites for hydroxylation is 1. The molecule has 38 heavy (non-hydrogen) atoms. The second-order valence-electron chi connectivity index (χ2n) is 10.5. The molecule has 0 radical (unpaired) electrons. The van der Waals surface area contributed by atoms with Gasteiger partial charge in [0.05, 0.1) is 20.8 Å². The first-order valence-electron chi connectivity index (χ1n) is 12.1. The van der Waals surface area contributed by atoms with Gasteiger partial charge >= 0.3 is 0 Å². The van der Waals surface area contributed by atoms with Crippen LogP contribution in [0.4, 0.5) is 21.6 Å². The lowest BCUT2D eigenvalue weighted by molar-refractivity contribution is -0.112. The summed E-state index contributed by atoms with van der Waals surface area (Å²) in [5, 5.41) is 3.39. The molecule has 1 aliphatic heterocycles. The van der Waals surface area contributed by atoms with Crippen LogP contribution in [0.1, 0.15) is 20.8 Å². The zero-order valence-corrected chi connectivity index (χ0v) is 22.5. The predicted molar refractivity (Wildman–Crippen MR) is 151 cm³/mol. The fraction of sp³-hybridized carbons (Fsp3) is 0.250. The van der Waals surface area contributed by atoms with Crippen LogP contribution in [0, 0.1) is 11.2 Å². The fourth-order valence-corrected chi connectivity index (χ4v) is 8.00. The third kappa shape index (κ3) is 4.56. The van der Waals surface area contributed by atoms with Crippen LogP contribution in [-0.2, 0) is 21.6 Å². The first-order valence-corrected chi connectivity index (χ1v) is 13.9. The molecule has 1 fully saturated rings. The average Bonchev–Trinajstić information content (AvgIpc) is 3.13. The number of aromatic nitrogens is 3. The number of rotatable bonds is 5. The van der Waals surface area contributed by atoms with Crippen LogP contribution >= 0.6 is 0 Å². The highest BCUT2D eigenvalue weighted by Crippen LogP contribution is 2.43. The molecule has 1 aliphatic rings. The number of fused-ring (bicyclic) bond motifs is 1. The number of carbonyl (C=O) groups excluding carboxylic acids is 1. The molecule has 3 N–H and O–H groups in total. The zero-order valence-electron chi connectivity index (χ0n) is 21.7. The van der Waals surface area contributed by atoms with Crippen molar-refractivity contribution in [2.24, 2.45) is 16.8 Å². The number of hydrogen-bond donors (Lipinski definition) is 2. The summed E-state index contributed by atoms with van der Waals surface area (Å²) in [4.78, 5) is 20.6. The van der Waals surface area contributed by atoms with Crippen LogP contribution < -0.4 is 11.1 Å². The van der Waals surface area contributed by atoms with Crippen molar-refractivity contribution in [3.63, 3.8) is 0 Å². The van der Waals surface area contributed by atoms with Crippen molar-refractivity contribution < 1.29 is 13.4 Å². The van der Waals surface area contributed by atoms with E-state index in [1.54, 1.807) is 31.2 Å². The van der Waals surface area contributed by atoms with Gasteiger partial charge in [-0.25, -0.2) is 18.6 Å². The quantitative estimate of drug-likeness (QED) is 0.321. The van der Waals surface area contributed by atoms with Crippen LogP contribution in [0.2, 0.25) is 0 Å². The van der Waals surface area contributed by atoms with E-state index in [1.165, 1.54) is 12.4 Å². The second-order valence-corrected chi connectivity index (χ2v) is 12.8. The zero-order chi connectivity index (χ0) is 27.4. The van der Waals surface area contributed by atoms with Crippen molar-refractivity contribution in [2.45, 2.75) is 20.8 Å². The van der Waals surface area contributed by atoms with E-state index >= 15 is 4.39 Å². The minimum atomic E-state index is -2.45. The van der Waals surface area contributed by atoms with Gasteiger partial charge in [0.1, 0.15) is 29.3 Å². The van der Waals surface area contributed by atoms with Gasteiger partial charge in [-0.3, -0.25) is 4.79 Å². The maximum atomic E-state index is 15.4. The summed E-state index contributed by atoms with van der Waals surface area (Å²) in [7, 11) is -0.596. The molecule has 8 nitrogen and oxygen atoms in total. The van der Waals surface area contributed by atoms with Crippen molar-refractivity contribution in [1.82, 2.24) is 14.5 Å². The smallest absolute Gasteiger partial charge is 0.250 e. The van der Waals surface area contributed by atoms with Crippen molar-refractivity contribution in [2.75, 3.05) is 22.6 Å². The standard InChI is InChI=1S/C28H29FN6O2S/c1-16(2)27(36)33-19-9-6-17(7-10-19)24-22(23-25(30)31-15-32-26(23)35(24)5)18-8-11-21(20(29)12-18)34-38(37)13-28(3,4)14-38/h6-12,15H,1,13-14H2,2-5H3,(H,33,36)(H2,30,31,32). The molecule has 3 heterocycles. The van der Waals surface area contributed by atoms with Crippen molar-refractivity contribution in [1.29, 1.82) is 0 Å². The lowest BCUT2D eigenvalue weighted by Gasteiger charge is -2.37. The molecule has 10 heteroatoms. The summed E-state index contributed by atoms with van der Waals surface area (Å²) in [6.07, 6.45) is 1.39. The molecule has 0 spiro atoms. The number of nitrogens with one attached hydrogen (secondary N) is 1. The van der Waals surface area contributed by atoms with Crippen LogP contribution in [0.5, 0.6) is 0 Å². The van der Waals surface area contributed by atoms with Gasteiger partial charge in [0.15, 0.2) is 0 Å². The molecule has 1 amide bonds. The first kappa shape index (κ1) is 25.6. The Balaban J connectivity index is 1.63. The highest BCUT2D eigenvalue weighted by Gasteiger charge is 2.39. The number of anilines is 2. The molecule has 4 aromatic rings. The molecular formula is C28H29FN6O2S. The van der Waals surface area contributed by atoms with Gasteiger partial charge in [0.2, 0.25) is 0 Å². The molecule has 2 aromatic heterocycles. The first-order chi connectivity index (χ1) is 17.9. The average molecular weight is 533 g/mol. The fourth-order valence-electron chi connectivity index (χ4n) is 5.00. The van der Waals surface area contributed by atoms with Crippen LogP contribution in [0.3, 0.4) is 0 Å². The summed E-state index contributed by atoms with van der Waals surface area (Å²) >= 11 is 0. The van der Waals surface area contributed by atoms with Crippen molar-refractivity contribution in [3.05, 3.63) is 66.8 Å². The number of amides is 1. The predicted octanol–water partition coefficient (Wildman–Crippen LogP) is 5.68. The summed E-state index contributed by atoms with van der Waals surface area (Å²) in [6.45, 7) is 9.35. The molecule has 0 unspecified atom stereocenters. The largest absolute Gasteiger partial charge is 0.383 e. The number of nitrogens with two attached hydrogens (primary N) is 1. The monoisotopic (exact) mass is 532 g/mol. The summed E-state index contributed by atoms with van der Waals surface area (Å²) in [6, 6.07) is 12.0. The van der Waals surface area contributed by atoms with E-state index in [0.29, 0.717) is 44.9 Å². The molecule has 0 bridgehead atoms. The Morgan fingerprint density at radius 3 is 2.42 bits per heavy atom. The molecule has 0 atom stereocenters. The van der Waals surface area contributed by atoms with E-state index in [2.05, 4.69) is 26.2 Å². The molecule has 5 rings (SSSR count). The Hall–Kier alpha value is -4.05. The van der Waals surface area contributed by atoms with E-state index in [9.17, 15) is 9.00 Å². The number of hydrogen-bond acceptors (Lipinski definition) is 6. The van der Waals surface area contributed by atoms with Crippen LogP contribution in [-0.4, -0.2) is 36.2 Å². The van der Waals surface area contributed by atoms with Crippen molar-refractivity contribution >= 4 is 43.9 Å². The third-order valence-corrected chi connectivity index (χ3v) is 9.53. The Labute approximate surface area is 221 Å². The number of nitrogens with zero attached hydrogens (tertiary/aromatic N) is 4. The maximum absolute atomic E-state index is 15.4. The van der Waals surface area contributed by atoms with Gasteiger partial charge in [-0.2, -0.15) is 4.36 Å². The summed E-state index contributed by atoms with van der Waals surface area (Å²) < 4.78 is 34.5. The van der Waals surface area contributed by atoms with Gasteiger partial charge < -0.3 is 15.6 Å². The van der Waals surface area contributed by atoms with E-state index in [0.717, 1.165) is 11.3 Å². The van der Waals surface area contributed by atoms with Gasteiger partial charge in [-0.05, 0) is 47.7 Å². The Morgan fingerprint density at radius 2 is 1.82 bits per heavy atom. The number of halogens is 1. The third-order valence-electron chi connectivity index (χ3n) is 6.53. The number of benzene rings is 2. The Morgan fingerprint density at radius 1 is 1.16 bits per heavy atom. The topological polar surface area (TPSA) is 115 Å². The number of nitrogen functional groups attached to an aromatic ring is 1. The minimum absolute atomic E-state index is 0.0464. The number of carbonyl (C=O) groups is 1. The van der Waals surface area contributed by atoms with Gasteiger partial charge in [0, 0.05) is 35.4 Å². The SMILES string of the molecule is C=C(C)C(=O)Nc1ccc(-c2c(-c3ccc(N=S4(=O)CC(C)(C)C4)c(F)c3)c3c(N)ncnc3n2C)cc1. The van der Waals surface area contributed by atoms with Crippen molar-refractivity contribution in [3.8, 4) is 22.4 Å². The molecule has 2 aromatic carbocycles. The Bertz CT molecular complexity index is 1730. The van der Waals surface area contributed by atoms with Gasteiger partial charge in [0.25, 0.3) is 5.91 Å². The molecule has 196 valence electrons. The van der Waals surface area contributed by atoms with E-state index < -0.39 is 15.5 Å². The molecule has 0 aliphatic carbocycles. The van der Waals surface area contributed by atoms with Gasteiger partial charge in [-0.15, -0.1) is 0 Å². The summed E-state index contributed by atoms with van der Waals surface area (Å²) in [5.41, 5.74) is 10.7. The molecule has 1 saturated heterocycles. The van der Waals surface area contributed by atoms with Gasteiger partial charge in [-0.1, -0.05) is 38.6 Å². The molecule has 0 saturated carbocycles. The summed E-state index contributed by atoms with van der Waals surface area (Å²) in [5.74, 6) is 0.341. The highest BCUT2D eigenvalue weighted by atomic mass is 32.2. The highest BCUT2D eigenvalue weighted by molar-refractivity contribution is 7.95. The van der Waals surface area contributed by atoms with Crippen LogP contribution in [0.25, 0.3) is 33.4 Å². The Kier molecular flexibility index (Phi) is 6.10. The second kappa shape index (κ2) is 9.05.